The molecule has 1 aliphatic heterocycles. The largest absolute Gasteiger partial charge is 0.347 e. The fourth-order valence-electron chi connectivity index (χ4n) is 4.12. The number of rotatable bonds is 5. The molecule has 0 spiro atoms. The maximum atomic E-state index is 14.0. The maximum absolute atomic E-state index is 14.0. The highest BCUT2D eigenvalue weighted by Crippen LogP contribution is 2.42. The summed E-state index contributed by atoms with van der Waals surface area (Å²) in [5.41, 5.74) is 3.08. The lowest BCUT2D eigenvalue weighted by Crippen LogP contribution is -2.45. The molecule has 2 fully saturated rings. The lowest BCUT2D eigenvalue weighted by Gasteiger charge is -2.32. The normalized spacial score (nSPS) is 17.7. The summed E-state index contributed by atoms with van der Waals surface area (Å²) < 4.78 is 15.8. The molecule has 0 radical (unpaired) electrons. The first-order valence-electron chi connectivity index (χ1n) is 10.7. The van der Waals surface area contributed by atoms with Gasteiger partial charge in [0.15, 0.2) is 11.5 Å². The van der Waals surface area contributed by atoms with E-state index in [4.69, 9.17) is 9.97 Å². The van der Waals surface area contributed by atoms with Crippen LogP contribution in [-0.2, 0) is 6.54 Å². The number of nitrogens with one attached hydrogen (secondary N) is 2. The van der Waals surface area contributed by atoms with Gasteiger partial charge in [-0.2, -0.15) is 19.6 Å². The highest BCUT2D eigenvalue weighted by Gasteiger charge is 2.29. The Hall–Kier alpha value is -3.27. The minimum absolute atomic E-state index is 0.331. The molecule has 160 valence electrons. The maximum Gasteiger partial charge on any atom is 0.230 e. The molecule has 0 unspecified atom stereocenters. The zero-order valence-corrected chi connectivity index (χ0v) is 17.3. The molecular weight excluding hydrogens is 397 g/mol. The summed E-state index contributed by atoms with van der Waals surface area (Å²) in [5, 5.41) is 7.90. The lowest BCUT2D eigenvalue weighted by atomic mass is 10.2. The second-order valence-electron chi connectivity index (χ2n) is 8.42. The van der Waals surface area contributed by atoms with Gasteiger partial charge in [0.05, 0.1) is 18.3 Å². The van der Waals surface area contributed by atoms with Gasteiger partial charge in [-0.3, -0.25) is 0 Å². The van der Waals surface area contributed by atoms with Crippen LogP contribution in [0.2, 0.25) is 0 Å². The molecule has 4 aromatic rings. The van der Waals surface area contributed by atoms with Crippen LogP contribution in [0, 0.1) is 5.82 Å². The Morgan fingerprint density at radius 2 is 1.97 bits per heavy atom. The zero-order chi connectivity index (χ0) is 20.9. The predicted octanol–water partition coefficient (Wildman–Crippen LogP) is 2.38. The van der Waals surface area contributed by atoms with Gasteiger partial charge < -0.3 is 20.1 Å². The van der Waals surface area contributed by atoms with Crippen LogP contribution < -0.4 is 10.2 Å². The Morgan fingerprint density at radius 3 is 2.74 bits per heavy atom. The van der Waals surface area contributed by atoms with Crippen LogP contribution in [0.1, 0.15) is 30.1 Å². The van der Waals surface area contributed by atoms with Crippen molar-refractivity contribution in [3.05, 3.63) is 41.6 Å². The molecule has 4 heterocycles. The molecule has 2 aliphatic rings. The summed E-state index contributed by atoms with van der Waals surface area (Å²) in [4.78, 5) is 21.8. The third-order valence-corrected chi connectivity index (χ3v) is 6.11. The van der Waals surface area contributed by atoms with Crippen molar-refractivity contribution in [2.75, 3.05) is 43.4 Å². The number of imidazole rings is 1. The van der Waals surface area contributed by atoms with Crippen LogP contribution in [0.4, 0.5) is 16.3 Å². The van der Waals surface area contributed by atoms with Crippen molar-refractivity contribution in [2.45, 2.75) is 25.3 Å². The van der Waals surface area contributed by atoms with Crippen LogP contribution >= 0.6 is 0 Å². The number of H-pyrrole nitrogens is 1. The Morgan fingerprint density at radius 1 is 1.13 bits per heavy atom. The first-order chi connectivity index (χ1) is 15.2. The number of piperazine rings is 1. The number of aromatic nitrogens is 6. The average Bonchev–Trinajstić information content (AvgIpc) is 3.38. The van der Waals surface area contributed by atoms with E-state index in [2.05, 4.69) is 37.2 Å². The Kier molecular flexibility index (Phi) is 4.27. The first kappa shape index (κ1) is 18.5. The van der Waals surface area contributed by atoms with Gasteiger partial charge in [0, 0.05) is 31.7 Å². The van der Waals surface area contributed by atoms with E-state index < -0.39 is 0 Å². The van der Waals surface area contributed by atoms with Gasteiger partial charge in [-0.25, -0.2) is 9.37 Å². The summed E-state index contributed by atoms with van der Waals surface area (Å²) in [6.07, 6.45) is 4.28. The van der Waals surface area contributed by atoms with E-state index >= 15 is 0 Å². The van der Waals surface area contributed by atoms with Crippen molar-refractivity contribution < 1.29 is 4.39 Å². The Labute approximate surface area is 178 Å². The number of nitrogens with zero attached hydrogens (tertiary/aromatic N) is 7. The van der Waals surface area contributed by atoms with Crippen molar-refractivity contribution in [1.29, 1.82) is 0 Å². The Bertz CT molecular complexity index is 1250. The summed E-state index contributed by atoms with van der Waals surface area (Å²) in [6.45, 7) is 4.12. The third kappa shape index (κ3) is 3.36. The summed E-state index contributed by atoms with van der Waals surface area (Å²) >= 11 is 0. The lowest BCUT2D eigenvalue weighted by molar-refractivity contribution is 0.311. The molecule has 1 saturated heterocycles. The second kappa shape index (κ2) is 7.16. The van der Waals surface area contributed by atoms with Crippen molar-refractivity contribution in [3.63, 3.8) is 0 Å². The molecule has 3 aromatic heterocycles. The van der Waals surface area contributed by atoms with Crippen LogP contribution in [0.5, 0.6) is 0 Å². The number of para-hydroxylation sites is 1. The fraction of sp³-hybridized carbons (Fsp3) is 0.429. The average molecular weight is 421 g/mol. The van der Waals surface area contributed by atoms with E-state index in [9.17, 15) is 4.39 Å². The monoisotopic (exact) mass is 421 g/mol. The quantitative estimate of drug-likeness (QED) is 0.511. The zero-order valence-electron chi connectivity index (χ0n) is 17.3. The van der Waals surface area contributed by atoms with Crippen molar-refractivity contribution in [2.24, 2.45) is 0 Å². The third-order valence-electron chi connectivity index (χ3n) is 6.11. The topological polar surface area (TPSA) is 90.3 Å². The fourth-order valence-corrected chi connectivity index (χ4v) is 4.12. The molecule has 0 atom stereocenters. The number of likely N-dealkylation sites (N-methyl/N-ethyl adjacent to an activating group) is 1. The smallest absolute Gasteiger partial charge is 0.230 e. The summed E-state index contributed by atoms with van der Waals surface area (Å²) in [6, 6.07) is 4.91. The molecular formula is C21H24FN9. The second-order valence-corrected chi connectivity index (χ2v) is 8.42. The molecule has 2 N–H and O–H groups in total. The van der Waals surface area contributed by atoms with Crippen LogP contribution in [-0.4, -0.2) is 67.7 Å². The van der Waals surface area contributed by atoms with Crippen molar-refractivity contribution in [1.82, 2.24) is 34.4 Å². The number of hydrogen-bond acceptors (Lipinski definition) is 7. The molecule has 0 amide bonds. The number of hydrogen-bond donors (Lipinski definition) is 2. The number of anilines is 2. The predicted molar refractivity (Wildman–Crippen MR) is 116 cm³/mol. The Balaban J connectivity index is 1.34. The van der Waals surface area contributed by atoms with Crippen molar-refractivity contribution in [3.8, 4) is 0 Å². The van der Waals surface area contributed by atoms with Gasteiger partial charge in [0.2, 0.25) is 11.9 Å². The molecule has 1 saturated carbocycles. The highest BCUT2D eigenvalue weighted by atomic mass is 19.1. The van der Waals surface area contributed by atoms with Gasteiger partial charge in [-0.15, -0.1) is 0 Å². The highest BCUT2D eigenvalue weighted by molar-refractivity contribution is 5.75. The van der Waals surface area contributed by atoms with Crippen LogP contribution in [0.15, 0.2) is 24.4 Å². The molecule has 6 rings (SSSR count). The molecule has 0 bridgehead atoms. The number of benzene rings is 1. The van der Waals surface area contributed by atoms with E-state index in [1.807, 2.05) is 12.3 Å². The SMILES string of the molecule is CN1CCN(c2nc(NCc3nc4c(F)cccc4[nH]3)n3ncc(C4CC4)c3n2)CC1. The van der Waals surface area contributed by atoms with E-state index in [-0.39, 0.29) is 5.82 Å². The molecule has 10 heteroatoms. The van der Waals surface area contributed by atoms with Gasteiger partial charge in [-0.1, -0.05) is 6.07 Å². The summed E-state index contributed by atoms with van der Waals surface area (Å²) in [7, 11) is 2.13. The summed E-state index contributed by atoms with van der Waals surface area (Å²) in [5.74, 6) is 2.19. The van der Waals surface area contributed by atoms with E-state index in [1.165, 1.54) is 24.5 Å². The standard InChI is InChI=1S/C21H24FN9/c1-29-7-9-30(10-8-29)21-27-19-14(13-5-6-13)11-24-31(19)20(28-21)23-12-17-25-16-4-2-3-15(22)18(16)26-17/h2-4,11,13H,5-10,12H2,1H3,(H,25,26)(H,23,27,28). The van der Waals surface area contributed by atoms with Crippen LogP contribution in [0.3, 0.4) is 0 Å². The molecule has 1 aliphatic carbocycles. The van der Waals surface area contributed by atoms with Gasteiger partial charge >= 0.3 is 0 Å². The molecule has 31 heavy (non-hydrogen) atoms. The van der Waals surface area contributed by atoms with Gasteiger partial charge in [0.25, 0.3) is 0 Å². The van der Waals surface area contributed by atoms with Crippen molar-refractivity contribution >= 4 is 28.6 Å². The van der Waals surface area contributed by atoms with E-state index in [0.717, 1.165) is 37.8 Å². The van der Waals surface area contributed by atoms with E-state index in [0.29, 0.717) is 35.3 Å². The van der Waals surface area contributed by atoms with Crippen LogP contribution in [0.25, 0.3) is 16.7 Å². The number of fused-ring (bicyclic) bond motifs is 2. The van der Waals surface area contributed by atoms with Gasteiger partial charge in [-0.05, 0) is 37.9 Å². The number of halogens is 1. The number of aromatic amines is 1. The molecule has 1 aromatic carbocycles. The minimum Gasteiger partial charge on any atom is -0.347 e. The van der Waals surface area contributed by atoms with Gasteiger partial charge in [0.1, 0.15) is 11.3 Å². The first-order valence-corrected chi connectivity index (χ1v) is 10.7. The molecule has 9 nitrogen and oxygen atoms in total. The minimum atomic E-state index is -0.331. The van der Waals surface area contributed by atoms with E-state index in [1.54, 1.807) is 10.6 Å².